The molecule has 0 fully saturated rings. The van der Waals surface area contributed by atoms with Gasteiger partial charge in [0.05, 0.1) is 0 Å². The molecule has 0 radical (unpaired) electrons. The lowest BCUT2D eigenvalue weighted by Gasteiger charge is -2.02. The van der Waals surface area contributed by atoms with E-state index in [0.29, 0.717) is 12.8 Å². The predicted octanol–water partition coefficient (Wildman–Crippen LogP) is 11.6. The van der Waals surface area contributed by atoms with Gasteiger partial charge in [-0.3, -0.25) is 9.59 Å². The van der Waals surface area contributed by atoms with Crippen LogP contribution >= 0.6 is 0 Å². The first-order valence-corrected chi connectivity index (χ1v) is 17.3. The number of hydrogen-bond acceptors (Lipinski definition) is 2. The van der Waals surface area contributed by atoms with Gasteiger partial charge in [-0.1, -0.05) is 147 Å². The van der Waals surface area contributed by atoms with Crippen LogP contribution in [0.3, 0.4) is 0 Å². The third-order valence-electron chi connectivity index (χ3n) is 7.35. The van der Waals surface area contributed by atoms with Crippen LogP contribution in [0.5, 0.6) is 0 Å². The van der Waals surface area contributed by atoms with E-state index in [9.17, 15) is 9.59 Å². The summed E-state index contributed by atoms with van der Waals surface area (Å²) >= 11 is 0. The van der Waals surface area contributed by atoms with Crippen LogP contribution in [-0.2, 0) is 9.59 Å². The monoisotopic (exact) mass is 564 g/mol. The Morgan fingerprint density at radius 3 is 1.15 bits per heavy atom. The number of allylic oxidation sites excluding steroid dienone is 4. The average molecular weight is 564 g/mol. The maximum Gasteiger partial charge on any atom is 0.303 e. The Bertz CT molecular complexity index is 570. The molecule has 0 aliphatic rings. The molecular weight excluding hydrogens is 494 g/mol. The molecule has 0 aromatic carbocycles. The summed E-state index contributed by atoms with van der Waals surface area (Å²) in [6, 6.07) is 0. The largest absolute Gasteiger partial charge is 0.481 e. The number of carboxylic acid groups (broad SMARTS) is 1. The number of amides is 1. The van der Waals surface area contributed by atoms with E-state index in [0.717, 1.165) is 25.7 Å². The molecule has 0 atom stereocenters. The molecule has 0 aromatic rings. The third-order valence-corrected chi connectivity index (χ3v) is 7.35. The average Bonchev–Trinajstić information content (AvgIpc) is 2.93. The summed E-state index contributed by atoms with van der Waals surface area (Å²) in [7, 11) is 0. The van der Waals surface area contributed by atoms with Crippen molar-refractivity contribution in [3.05, 3.63) is 24.3 Å². The molecule has 3 N–H and O–H groups in total. The van der Waals surface area contributed by atoms with Crippen LogP contribution in [0, 0.1) is 0 Å². The highest BCUT2D eigenvalue weighted by Crippen LogP contribution is 2.13. The minimum absolute atomic E-state index is 0.157. The van der Waals surface area contributed by atoms with Crippen LogP contribution in [0.15, 0.2) is 24.3 Å². The van der Waals surface area contributed by atoms with Crippen molar-refractivity contribution in [1.29, 1.82) is 0 Å². The van der Waals surface area contributed by atoms with Crippen molar-refractivity contribution < 1.29 is 14.7 Å². The number of nitrogens with two attached hydrogens (primary N) is 1. The second-order valence-corrected chi connectivity index (χ2v) is 11.5. The fourth-order valence-electron chi connectivity index (χ4n) is 4.78. The van der Waals surface area contributed by atoms with Crippen molar-refractivity contribution in [3.8, 4) is 0 Å². The van der Waals surface area contributed by atoms with Crippen molar-refractivity contribution in [2.45, 2.75) is 194 Å². The highest BCUT2D eigenvalue weighted by Gasteiger charge is 1.97. The molecule has 0 heterocycles. The van der Waals surface area contributed by atoms with E-state index < -0.39 is 5.97 Å². The van der Waals surface area contributed by atoms with Crippen molar-refractivity contribution >= 4 is 11.9 Å². The van der Waals surface area contributed by atoms with E-state index in [2.05, 4.69) is 38.2 Å². The van der Waals surface area contributed by atoms with E-state index in [1.165, 1.54) is 141 Å². The zero-order valence-corrected chi connectivity index (χ0v) is 26.9. The van der Waals surface area contributed by atoms with Gasteiger partial charge < -0.3 is 10.8 Å². The Balaban J connectivity index is 0. The van der Waals surface area contributed by atoms with Crippen molar-refractivity contribution in [1.82, 2.24) is 0 Å². The Hall–Kier alpha value is -1.58. The SMILES string of the molecule is CCC=CCCCCCCCCCCCCCC(N)=O.CCCCCCCCC=CCCCCCCCC(=O)O. The topological polar surface area (TPSA) is 80.4 Å². The Labute approximate surface area is 250 Å². The number of unbranched alkanes of at least 4 members (excludes halogenated alkanes) is 22. The van der Waals surface area contributed by atoms with Gasteiger partial charge in [-0.2, -0.15) is 0 Å². The number of primary amides is 1. The number of carbonyl (C=O) groups is 2. The molecule has 0 aromatic heterocycles. The predicted molar refractivity (Wildman–Crippen MR) is 176 cm³/mol. The Morgan fingerprint density at radius 2 is 0.800 bits per heavy atom. The highest BCUT2D eigenvalue weighted by atomic mass is 16.4. The van der Waals surface area contributed by atoms with Crippen molar-refractivity contribution in [2.24, 2.45) is 5.73 Å². The third kappa shape index (κ3) is 43.5. The van der Waals surface area contributed by atoms with Crippen molar-refractivity contribution in [3.63, 3.8) is 0 Å². The minimum Gasteiger partial charge on any atom is -0.481 e. The maximum atomic E-state index is 10.6. The number of rotatable bonds is 30. The molecule has 0 aliphatic carbocycles. The van der Waals surface area contributed by atoms with E-state index >= 15 is 0 Å². The normalized spacial score (nSPS) is 11.2. The van der Waals surface area contributed by atoms with E-state index in [-0.39, 0.29) is 5.91 Å². The fourth-order valence-corrected chi connectivity index (χ4v) is 4.78. The Kier molecular flexibility index (Phi) is 37.9. The number of carboxylic acids is 1. The molecule has 40 heavy (non-hydrogen) atoms. The van der Waals surface area contributed by atoms with Crippen LogP contribution in [0.1, 0.15) is 194 Å². The summed E-state index contributed by atoms with van der Waals surface area (Å²) in [5.41, 5.74) is 5.10. The van der Waals surface area contributed by atoms with Crippen LogP contribution in [0.25, 0.3) is 0 Å². The first kappa shape index (κ1) is 40.6. The molecule has 0 spiro atoms. The van der Waals surface area contributed by atoms with Gasteiger partial charge in [0, 0.05) is 12.8 Å². The number of hydrogen-bond donors (Lipinski definition) is 2. The number of carbonyl (C=O) groups excluding carboxylic acids is 1. The fraction of sp³-hybridized carbons (Fsp3) is 0.833. The summed E-state index contributed by atoms with van der Waals surface area (Å²) in [6.07, 6.45) is 43.2. The van der Waals surface area contributed by atoms with E-state index in [4.69, 9.17) is 10.8 Å². The van der Waals surface area contributed by atoms with Crippen LogP contribution in [0.2, 0.25) is 0 Å². The van der Waals surface area contributed by atoms with Crippen LogP contribution < -0.4 is 5.73 Å². The van der Waals surface area contributed by atoms with Crippen LogP contribution in [0.4, 0.5) is 0 Å². The smallest absolute Gasteiger partial charge is 0.303 e. The molecular formula is C36H69NO3. The van der Waals surface area contributed by atoms with E-state index in [1.807, 2.05) is 0 Å². The molecule has 0 aliphatic heterocycles. The molecule has 0 saturated heterocycles. The molecule has 1 amide bonds. The molecule has 4 nitrogen and oxygen atoms in total. The van der Waals surface area contributed by atoms with Crippen molar-refractivity contribution in [2.75, 3.05) is 0 Å². The lowest BCUT2D eigenvalue weighted by molar-refractivity contribution is -0.137. The summed E-state index contributed by atoms with van der Waals surface area (Å²) < 4.78 is 0. The summed E-state index contributed by atoms with van der Waals surface area (Å²) in [5.74, 6) is -0.821. The Morgan fingerprint density at radius 1 is 0.475 bits per heavy atom. The summed E-state index contributed by atoms with van der Waals surface area (Å²) in [6.45, 7) is 4.45. The van der Waals surface area contributed by atoms with Gasteiger partial charge in [0.25, 0.3) is 0 Å². The highest BCUT2D eigenvalue weighted by molar-refractivity contribution is 5.73. The standard InChI is InChI=1S/C18H35NO.C18H34O2/c2*1-2-3-4-5-6-7-8-9-10-11-12-13-14-15-16-17-18(19)20/h3-4H,2,5-17H2,1H3,(H2,19,20);9-10H,2-8,11-17H2,1H3,(H,19,20). The van der Waals surface area contributed by atoms with Gasteiger partial charge in [0.1, 0.15) is 0 Å². The molecule has 236 valence electrons. The molecule has 4 heteroatoms. The minimum atomic E-state index is -0.664. The van der Waals surface area contributed by atoms with Crippen LogP contribution in [-0.4, -0.2) is 17.0 Å². The molecule has 0 rings (SSSR count). The molecule has 0 unspecified atom stereocenters. The first-order chi connectivity index (χ1) is 19.5. The van der Waals surface area contributed by atoms with Gasteiger partial charge >= 0.3 is 5.97 Å². The lowest BCUT2D eigenvalue weighted by Crippen LogP contribution is -2.09. The van der Waals surface area contributed by atoms with Gasteiger partial charge in [-0.25, -0.2) is 0 Å². The molecule has 0 saturated carbocycles. The maximum absolute atomic E-state index is 10.6. The summed E-state index contributed by atoms with van der Waals surface area (Å²) in [4.78, 5) is 20.9. The van der Waals surface area contributed by atoms with E-state index in [1.54, 1.807) is 0 Å². The van der Waals surface area contributed by atoms with Gasteiger partial charge in [-0.05, 0) is 57.8 Å². The first-order valence-electron chi connectivity index (χ1n) is 17.3. The second kappa shape index (κ2) is 37.4. The molecule has 0 bridgehead atoms. The van der Waals surface area contributed by atoms with Gasteiger partial charge in [0.2, 0.25) is 5.91 Å². The zero-order chi connectivity index (χ0) is 29.8. The second-order valence-electron chi connectivity index (χ2n) is 11.5. The van der Waals surface area contributed by atoms with Gasteiger partial charge in [0.15, 0.2) is 0 Å². The number of aliphatic carboxylic acids is 1. The lowest BCUT2D eigenvalue weighted by atomic mass is 10.0. The quantitative estimate of drug-likeness (QED) is 0.0673. The van der Waals surface area contributed by atoms with Gasteiger partial charge in [-0.15, -0.1) is 0 Å². The zero-order valence-electron chi connectivity index (χ0n) is 26.9. The summed E-state index contributed by atoms with van der Waals surface area (Å²) in [5, 5.41) is 8.51.